The molecule has 0 spiro atoms. The minimum Gasteiger partial charge on any atom is -0.362 e. The standard InChI is InChI=1S/C15H23N3O3/c1-4-6-10(2)12-7-5-8-18(12)15(20)14(19)16-13-11(3)9-21-17-13/h9-10,12H,4-8H2,1-3H3,(H,16,17,19)/t10-,12-/m1/s1. The van der Waals surface area contributed by atoms with E-state index in [4.69, 9.17) is 4.52 Å². The van der Waals surface area contributed by atoms with Crippen LogP contribution >= 0.6 is 0 Å². The summed E-state index contributed by atoms with van der Waals surface area (Å²) in [6, 6.07) is 0.168. The average Bonchev–Trinajstić information content (AvgIpc) is 3.08. The van der Waals surface area contributed by atoms with Crippen molar-refractivity contribution < 1.29 is 14.1 Å². The molecule has 1 fully saturated rings. The van der Waals surface area contributed by atoms with E-state index in [0.717, 1.165) is 25.7 Å². The smallest absolute Gasteiger partial charge is 0.315 e. The summed E-state index contributed by atoms with van der Waals surface area (Å²) in [4.78, 5) is 26.2. The Kier molecular flexibility index (Phi) is 4.98. The molecule has 0 aromatic carbocycles. The summed E-state index contributed by atoms with van der Waals surface area (Å²) >= 11 is 0. The molecule has 0 bridgehead atoms. The van der Waals surface area contributed by atoms with Crippen LogP contribution in [0.15, 0.2) is 10.8 Å². The summed E-state index contributed by atoms with van der Waals surface area (Å²) in [6.07, 6.45) is 5.52. The number of nitrogens with zero attached hydrogens (tertiary/aromatic N) is 2. The lowest BCUT2D eigenvalue weighted by atomic mass is 9.95. The van der Waals surface area contributed by atoms with E-state index in [1.165, 1.54) is 6.26 Å². The zero-order valence-electron chi connectivity index (χ0n) is 12.9. The second kappa shape index (κ2) is 6.74. The van der Waals surface area contributed by atoms with Crippen LogP contribution in [0.3, 0.4) is 0 Å². The molecule has 2 rings (SSSR count). The fourth-order valence-electron chi connectivity index (χ4n) is 2.98. The van der Waals surface area contributed by atoms with E-state index in [0.29, 0.717) is 23.8 Å². The summed E-state index contributed by atoms with van der Waals surface area (Å²) < 4.78 is 4.75. The topological polar surface area (TPSA) is 75.4 Å². The number of carbonyl (C=O) groups excluding carboxylic acids is 2. The number of likely N-dealkylation sites (tertiary alicyclic amines) is 1. The molecule has 1 aliphatic rings. The SMILES string of the molecule is CCC[C@@H](C)[C@H]1CCCN1C(=O)C(=O)Nc1nocc1C. The molecule has 0 unspecified atom stereocenters. The van der Waals surface area contributed by atoms with Gasteiger partial charge in [-0.1, -0.05) is 25.4 Å². The number of aromatic nitrogens is 1. The second-order valence-corrected chi connectivity index (χ2v) is 5.77. The summed E-state index contributed by atoms with van der Waals surface area (Å²) in [5.41, 5.74) is 0.702. The normalized spacial score (nSPS) is 19.6. The van der Waals surface area contributed by atoms with Gasteiger partial charge in [0, 0.05) is 18.2 Å². The lowest BCUT2D eigenvalue weighted by Gasteiger charge is -2.28. The minimum absolute atomic E-state index is 0.168. The summed E-state index contributed by atoms with van der Waals surface area (Å²) in [7, 11) is 0. The van der Waals surface area contributed by atoms with Gasteiger partial charge in [-0.2, -0.15) is 0 Å². The highest BCUT2D eigenvalue weighted by molar-refractivity contribution is 6.39. The third-order valence-corrected chi connectivity index (χ3v) is 4.13. The molecular formula is C15H23N3O3. The maximum Gasteiger partial charge on any atom is 0.315 e. The molecule has 0 radical (unpaired) electrons. The van der Waals surface area contributed by atoms with Crippen LogP contribution in [0.4, 0.5) is 5.82 Å². The van der Waals surface area contributed by atoms with Crippen molar-refractivity contribution in [3.8, 4) is 0 Å². The predicted molar refractivity (Wildman–Crippen MR) is 78.7 cm³/mol. The molecule has 116 valence electrons. The molecule has 6 nitrogen and oxygen atoms in total. The monoisotopic (exact) mass is 293 g/mol. The van der Waals surface area contributed by atoms with E-state index >= 15 is 0 Å². The number of aryl methyl sites for hydroxylation is 1. The molecular weight excluding hydrogens is 270 g/mol. The number of rotatable bonds is 4. The number of carbonyl (C=O) groups is 2. The Morgan fingerprint density at radius 3 is 2.95 bits per heavy atom. The first-order chi connectivity index (χ1) is 10.0. The van der Waals surface area contributed by atoms with Crippen molar-refractivity contribution in [1.29, 1.82) is 0 Å². The van der Waals surface area contributed by atoms with Gasteiger partial charge >= 0.3 is 11.8 Å². The number of hydrogen-bond donors (Lipinski definition) is 1. The molecule has 6 heteroatoms. The zero-order chi connectivity index (χ0) is 15.4. The minimum atomic E-state index is -0.636. The first kappa shape index (κ1) is 15.5. The summed E-state index contributed by atoms with van der Waals surface area (Å²) in [5, 5.41) is 6.19. The highest BCUT2D eigenvalue weighted by atomic mass is 16.5. The molecule has 1 aromatic rings. The van der Waals surface area contributed by atoms with E-state index in [-0.39, 0.29) is 6.04 Å². The molecule has 1 saturated heterocycles. The Hall–Kier alpha value is -1.85. The van der Waals surface area contributed by atoms with Crippen LogP contribution in [0, 0.1) is 12.8 Å². The fourth-order valence-corrected chi connectivity index (χ4v) is 2.98. The highest BCUT2D eigenvalue weighted by Crippen LogP contribution is 2.27. The van der Waals surface area contributed by atoms with Gasteiger partial charge in [-0.15, -0.1) is 0 Å². The van der Waals surface area contributed by atoms with E-state index in [9.17, 15) is 9.59 Å². The van der Waals surface area contributed by atoms with Crippen LogP contribution in [0.25, 0.3) is 0 Å². The Labute approximate surface area is 124 Å². The van der Waals surface area contributed by atoms with Gasteiger partial charge < -0.3 is 9.42 Å². The van der Waals surface area contributed by atoms with Crippen molar-refractivity contribution >= 4 is 17.6 Å². The molecule has 1 aromatic heterocycles. The maximum absolute atomic E-state index is 12.4. The van der Waals surface area contributed by atoms with E-state index in [2.05, 4.69) is 24.3 Å². The third-order valence-electron chi connectivity index (χ3n) is 4.13. The lowest BCUT2D eigenvalue weighted by molar-refractivity contribution is -0.144. The number of amides is 2. The van der Waals surface area contributed by atoms with Gasteiger partial charge in [-0.25, -0.2) is 0 Å². The van der Waals surface area contributed by atoms with Crippen LogP contribution in [0.1, 0.15) is 45.1 Å². The quantitative estimate of drug-likeness (QED) is 0.865. The fraction of sp³-hybridized carbons (Fsp3) is 0.667. The molecule has 0 aliphatic carbocycles. The summed E-state index contributed by atoms with van der Waals surface area (Å²) in [5.74, 6) is -0.376. The van der Waals surface area contributed by atoms with Gasteiger partial charge in [0.25, 0.3) is 0 Å². The zero-order valence-corrected chi connectivity index (χ0v) is 12.9. The Morgan fingerprint density at radius 2 is 2.33 bits per heavy atom. The van der Waals surface area contributed by atoms with Crippen LogP contribution in [-0.4, -0.2) is 34.5 Å². The molecule has 1 N–H and O–H groups in total. The predicted octanol–water partition coefficient (Wildman–Crippen LogP) is 2.35. The van der Waals surface area contributed by atoms with Crippen molar-refractivity contribution in [1.82, 2.24) is 10.1 Å². The Morgan fingerprint density at radius 1 is 1.57 bits per heavy atom. The molecule has 2 atom stereocenters. The highest BCUT2D eigenvalue weighted by Gasteiger charge is 2.35. The van der Waals surface area contributed by atoms with Gasteiger partial charge in [-0.3, -0.25) is 14.9 Å². The molecule has 21 heavy (non-hydrogen) atoms. The molecule has 2 amide bonds. The average molecular weight is 293 g/mol. The Bertz CT molecular complexity index is 512. The van der Waals surface area contributed by atoms with Gasteiger partial charge in [0.15, 0.2) is 5.82 Å². The first-order valence-corrected chi connectivity index (χ1v) is 7.57. The summed E-state index contributed by atoms with van der Waals surface area (Å²) in [6.45, 7) is 6.71. The first-order valence-electron chi connectivity index (χ1n) is 7.57. The number of anilines is 1. The molecule has 1 aliphatic heterocycles. The van der Waals surface area contributed by atoms with Gasteiger partial charge in [0.05, 0.1) is 0 Å². The lowest BCUT2D eigenvalue weighted by Crippen LogP contribution is -2.45. The van der Waals surface area contributed by atoms with Gasteiger partial charge in [0.2, 0.25) is 0 Å². The Balaban J connectivity index is 2.01. The van der Waals surface area contributed by atoms with Crippen molar-refractivity contribution in [3.63, 3.8) is 0 Å². The van der Waals surface area contributed by atoms with E-state index < -0.39 is 11.8 Å². The number of nitrogens with one attached hydrogen (secondary N) is 1. The van der Waals surface area contributed by atoms with Gasteiger partial charge in [0.1, 0.15) is 6.26 Å². The van der Waals surface area contributed by atoms with Crippen LogP contribution < -0.4 is 5.32 Å². The van der Waals surface area contributed by atoms with Crippen LogP contribution in [0.2, 0.25) is 0 Å². The number of hydrogen-bond acceptors (Lipinski definition) is 4. The largest absolute Gasteiger partial charge is 0.362 e. The van der Waals surface area contributed by atoms with E-state index in [1.54, 1.807) is 11.8 Å². The maximum atomic E-state index is 12.4. The molecule has 2 heterocycles. The van der Waals surface area contributed by atoms with E-state index in [1.807, 2.05) is 0 Å². The van der Waals surface area contributed by atoms with Gasteiger partial charge in [-0.05, 0) is 32.1 Å². The second-order valence-electron chi connectivity index (χ2n) is 5.77. The third kappa shape index (κ3) is 3.43. The van der Waals surface area contributed by atoms with Crippen molar-refractivity contribution in [2.45, 2.75) is 52.5 Å². The van der Waals surface area contributed by atoms with Crippen molar-refractivity contribution in [2.75, 3.05) is 11.9 Å². The van der Waals surface area contributed by atoms with Crippen LogP contribution in [-0.2, 0) is 9.59 Å². The van der Waals surface area contributed by atoms with Crippen molar-refractivity contribution in [2.24, 2.45) is 5.92 Å². The van der Waals surface area contributed by atoms with Crippen molar-refractivity contribution in [3.05, 3.63) is 11.8 Å². The van der Waals surface area contributed by atoms with Crippen LogP contribution in [0.5, 0.6) is 0 Å². The molecule has 0 saturated carbocycles.